The molecule has 0 aliphatic carbocycles. The summed E-state index contributed by atoms with van der Waals surface area (Å²) >= 11 is 0. The minimum Gasteiger partial charge on any atom is -0.477 e. The van der Waals surface area contributed by atoms with Crippen LogP contribution in [0.1, 0.15) is 12.0 Å². The summed E-state index contributed by atoms with van der Waals surface area (Å²) < 4.78 is 37.6. The predicted molar refractivity (Wildman–Crippen MR) is 58.6 cm³/mol. The number of carboxylic acids is 1. The van der Waals surface area contributed by atoms with Gasteiger partial charge in [-0.2, -0.15) is 23.3 Å². The van der Waals surface area contributed by atoms with Crippen molar-refractivity contribution in [2.24, 2.45) is 5.10 Å². The van der Waals surface area contributed by atoms with Crippen LogP contribution in [0.3, 0.4) is 0 Å². The predicted octanol–water partition coefficient (Wildman–Crippen LogP) is 1.88. The van der Waals surface area contributed by atoms with Crippen molar-refractivity contribution in [2.75, 3.05) is 5.01 Å². The number of rotatable bonds is 2. The van der Waals surface area contributed by atoms with Gasteiger partial charge in [-0.25, -0.2) is 4.79 Å². The second kappa shape index (κ2) is 4.38. The zero-order chi connectivity index (χ0) is 14.2. The molecule has 5 nitrogen and oxygen atoms in total. The lowest BCUT2D eigenvalue weighted by Crippen LogP contribution is -2.20. The van der Waals surface area contributed by atoms with E-state index in [1.165, 1.54) is 6.07 Å². The van der Waals surface area contributed by atoms with Gasteiger partial charge < -0.3 is 5.11 Å². The molecule has 0 unspecified atom stereocenters. The molecule has 1 aliphatic heterocycles. The number of carbonyl (C=O) groups excluding carboxylic acids is 1. The van der Waals surface area contributed by atoms with E-state index in [4.69, 9.17) is 5.11 Å². The molecule has 0 spiro atoms. The summed E-state index contributed by atoms with van der Waals surface area (Å²) in [7, 11) is 0. The summed E-state index contributed by atoms with van der Waals surface area (Å²) in [4.78, 5) is 22.2. The van der Waals surface area contributed by atoms with Crippen LogP contribution < -0.4 is 5.01 Å². The van der Waals surface area contributed by atoms with Crippen LogP contribution in [-0.2, 0) is 15.8 Å². The first-order chi connectivity index (χ1) is 8.79. The maximum Gasteiger partial charge on any atom is 0.416 e. The molecule has 1 heterocycles. The Morgan fingerprint density at radius 3 is 2.58 bits per heavy atom. The summed E-state index contributed by atoms with van der Waals surface area (Å²) in [6, 6.07) is 3.97. The van der Waals surface area contributed by atoms with E-state index in [0.29, 0.717) is 5.01 Å². The molecular formula is C11H7F3N2O3. The fourth-order valence-corrected chi connectivity index (χ4v) is 1.56. The maximum atomic E-state index is 12.5. The van der Waals surface area contributed by atoms with Crippen molar-refractivity contribution in [3.63, 3.8) is 0 Å². The zero-order valence-electron chi connectivity index (χ0n) is 9.31. The summed E-state index contributed by atoms with van der Waals surface area (Å²) in [5.41, 5.74) is -1.45. The highest BCUT2D eigenvalue weighted by Crippen LogP contribution is 2.32. The molecule has 0 bridgehead atoms. The fraction of sp³-hybridized carbons (Fsp3) is 0.182. The normalized spacial score (nSPS) is 15.6. The number of carbonyl (C=O) groups is 2. The highest BCUT2D eigenvalue weighted by atomic mass is 19.4. The third-order valence-electron chi connectivity index (χ3n) is 2.44. The van der Waals surface area contributed by atoms with Crippen molar-refractivity contribution in [1.82, 2.24) is 0 Å². The second-order valence-electron chi connectivity index (χ2n) is 3.78. The van der Waals surface area contributed by atoms with Crippen molar-refractivity contribution >= 4 is 23.3 Å². The first kappa shape index (κ1) is 13.1. The Bertz CT molecular complexity index is 581. The Hall–Kier alpha value is -2.38. The molecular weight excluding hydrogens is 265 g/mol. The second-order valence-corrected chi connectivity index (χ2v) is 3.78. The Labute approximate surface area is 104 Å². The molecule has 100 valence electrons. The Balaban J connectivity index is 2.38. The number of hydrogen-bond acceptors (Lipinski definition) is 3. The average Bonchev–Trinajstić information content (AvgIpc) is 2.71. The number of hydrogen-bond donors (Lipinski definition) is 1. The molecule has 1 aromatic rings. The van der Waals surface area contributed by atoms with Gasteiger partial charge in [-0.05, 0) is 18.2 Å². The number of halogens is 3. The lowest BCUT2D eigenvalue weighted by atomic mass is 10.2. The zero-order valence-corrected chi connectivity index (χ0v) is 9.31. The minimum atomic E-state index is -4.54. The summed E-state index contributed by atoms with van der Waals surface area (Å²) in [5.74, 6) is -2.06. The van der Waals surface area contributed by atoms with E-state index in [2.05, 4.69) is 5.10 Å². The fourth-order valence-electron chi connectivity index (χ4n) is 1.56. The van der Waals surface area contributed by atoms with E-state index < -0.39 is 35.7 Å². The van der Waals surface area contributed by atoms with Crippen LogP contribution in [-0.4, -0.2) is 22.7 Å². The van der Waals surface area contributed by atoms with Crippen LogP contribution >= 0.6 is 0 Å². The van der Waals surface area contributed by atoms with Gasteiger partial charge >= 0.3 is 12.1 Å². The van der Waals surface area contributed by atoms with Crippen LogP contribution in [0.5, 0.6) is 0 Å². The molecule has 19 heavy (non-hydrogen) atoms. The molecule has 8 heteroatoms. The number of aliphatic carboxylic acids is 1. The summed E-state index contributed by atoms with van der Waals surface area (Å²) in [5, 5.41) is 12.9. The SMILES string of the molecule is O=C(O)C1=NN(c2cccc(C(F)(F)F)c2)C(=O)C1. The van der Waals surface area contributed by atoms with Crippen LogP contribution in [0.2, 0.25) is 0 Å². The van der Waals surface area contributed by atoms with Crippen LogP contribution in [0, 0.1) is 0 Å². The molecule has 0 saturated heterocycles. The molecule has 1 amide bonds. The van der Waals surface area contributed by atoms with Gasteiger partial charge in [0.1, 0.15) is 0 Å². The Morgan fingerprint density at radius 2 is 2.05 bits per heavy atom. The maximum absolute atomic E-state index is 12.5. The smallest absolute Gasteiger partial charge is 0.416 e. The standard InChI is InChI=1S/C11H7F3N2O3/c12-11(13,14)6-2-1-3-7(4-6)16-9(17)5-8(15-16)10(18)19/h1-4H,5H2,(H,18,19). The highest BCUT2D eigenvalue weighted by Gasteiger charge is 2.33. The number of nitrogens with zero attached hydrogens (tertiary/aromatic N) is 2. The van der Waals surface area contributed by atoms with Crippen LogP contribution in [0.15, 0.2) is 29.4 Å². The lowest BCUT2D eigenvalue weighted by Gasteiger charge is -2.14. The number of carboxylic acid groups (broad SMARTS) is 1. The summed E-state index contributed by atoms with van der Waals surface area (Å²) in [6.07, 6.45) is -4.98. The Morgan fingerprint density at radius 1 is 1.37 bits per heavy atom. The highest BCUT2D eigenvalue weighted by molar-refractivity contribution is 6.42. The van der Waals surface area contributed by atoms with Crippen LogP contribution in [0.25, 0.3) is 0 Å². The molecule has 0 fully saturated rings. The lowest BCUT2D eigenvalue weighted by molar-refractivity contribution is -0.137. The van der Waals surface area contributed by atoms with E-state index in [9.17, 15) is 22.8 Å². The van der Waals surface area contributed by atoms with Gasteiger partial charge in [-0.1, -0.05) is 6.07 Å². The molecule has 0 radical (unpaired) electrons. The third-order valence-corrected chi connectivity index (χ3v) is 2.44. The van der Waals surface area contributed by atoms with Gasteiger partial charge in [0.2, 0.25) is 0 Å². The van der Waals surface area contributed by atoms with Gasteiger partial charge in [0.25, 0.3) is 5.91 Å². The van der Waals surface area contributed by atoms with E-state index in [-0.39, 0.29) is 5.69 Å². The topological polar surface area (TPSA) is 70.0 Å². The van der Waals surface area contributed by atoms with E-state index in [1.54, 1.807) is 0 Å². The monoisotopic (exact) mass is 272 g/mol. The minimum absolute atomic E-state index is 0.115. The molecule has 1 aliphatic rings. The van der Waals surface area contributed by atoms with Crippen molar-refractivity contribution in [1.29, 1.82) is 0 Å². The number of anilines is 1. The Kier molecular flexibility index (Phi) is 3.01. The van der Waals surface area contributed by atoms with Crippen molar-refractivity contribution in [2.45, 2.75) is 12.6 Å². The molecule has 0 atom stereocenters. The van der Waals surface area contributed by atoms with Gasteiger partial charge in [-0.3, -0.25) is 4.79 Å². The molecule has 2 rings (SSSR count). The third kappa shape index (κ3) is 2.56. The largest absolute Gasteiger partial charge is 0.477 e. The molecule has 1 N–H and O–H groups in total. The molecule has 0 aromatic heterocycles. The van der Waals surface area contributed by atoms with Gasteiger partial charge in [0.15, 0.2) is 5.71 Å². The first-order valence-corrected chi connectivity index (χ1v) is 5.10. The van der Waals surface area contributed by atoms with Crippen molar-refractivity contribution < 1.29 is 27.9 Å². The van der Waals surface area contributed by atoms with Gasteiger partial charge in [-0.15, -0.1) is 0 Å². The number of benzene rings is 1. The average molecular weight is 272 g/mol. The first-order valence-electron chi connectivity index (χ1n) is 5.10. The number of alkyl halides is 3. The number of hydrazone groups is 1. The quantitative estimate of drug-likeness (QED) is 0.893. The van der Waals surface area contributed by atoms with E-state index >= 15 is 0 Å². The van der Waals surface area contributed by atoms with Crippen LogP contribution in [0.4, 0.5) is 18.9 Å². The van der Waals surface area contributed by atoms with Gasteiger partial charge in [0, 0.05) is 0 Å². The van der Waals surface area contributed by atoms with Gasteiger partial charge in [0.05, 0.1) is 17.7 Å². The van der Waals surface area contributed by atoms with E-state index in [1.807, 2.05) is 0 Å². The number of amides is 1. The molecule has 0 saturated carbocycles. The van der Waals surface area contributed by atoms with E-state index in [0.717, 1.165) is 18.2 Å². The van der Waals surface area contributed by atoms with Crippen molar-refractivity contribution in [3.05, 3.63) is 29.8 Å². The summed E-state index contributed by atoms with van der Waals surface area (Å²) in [6.45, 7) is 0. The van der Waals surface area contributed by atoms with Crippen molar-refractivity contribution in [3.8, 4) is 0 Å². The molecule has 1 aromatic carbocycles.